The van der Waals surface area contributed by atoms with E-state index in [-0.39, 0.29) is 0 Å². The first-order valence-electron chi connectivity index (χ1n) is 8.67. The molecule has 1 saturated carbocycles. The molecule has 132 valence electrons. The molecule has 0 bridgehead atoms. The van der Waals surface area contributed by atoms with Crippen molar-refractivity contribution < 1.29 is 8.42 Å². The van der Waals surface area contributed by atoms with Gasteiger partial charge < -0.3 is 10.2 Å². The van der Waals surface area contributed by atoms with E-state index in [1.165, 1.54) is 31.9 Å². The van der Waals surface area contributed by atoms with E-state index in [2.05, 4.69) is 15.2 Å². The average molecular weight is 350 g/mol. The first kappa shape index (κ1) is 17.3. The van der Waals surface area contributed by atoms with Crippen LogP contribution in [0.2, 0.25) is 0 Å². The van der Waals surface area contributed by atoms with Gasteiger partial charge in [-0.1, -0.05) is 18.6 Å². The van der Waals surface area contributed by atoms with Crippen molar-refractivity contribution in [1.82, 2.24) is 10.2 Å². The summed E-state index contributed by atoms with van der Waals surface area (Å²) < 4.78 is 23.0. The van der Waals surface area contributed by atoms with Crippen molar-refractivity contribution >= 4 is 15.8 Å². The molecule has 1 aromatic rings. The number of rotatable bonds is 4. The second-order valence-corrected chi connectivity index (χ2v) is 9.18. The number of hydrogen-bond acceptors (Lipinski definition) is 3. The van der Waals surface area contributed by atoms with E-state index in [4.69, 9.17) is 0 Å². The Labute approximate surface area is 145 Å². The fraction of sp³-hybridized carbons (Fsp3) is 0.611. The first-order valence-corrected chi connectivity index (χ1v) is 10.6. The van der Waals surface area contributed by atoms with E-state index in [0.717, 1.165) is 37.6 Å². The zero-order valence-corrected chi connectivity index (χ0v) is 15.4. The molecule has 1 aliphatic carbocycles. The number of aliphatic imine (C=N–C) groups is 1. The molecule has 0 aromatic heterocycles. The van der Waals surface area contributed by atoms with Crippen LogP contribution in [0.5, 0.6) is 0 Å². The smallest absolute Gasteiger partial charge is 0.193 e. The maximum absolute atomic E-state index is 11.5. The quantitative estimate of drug-likeness (QED) is 0.668. The van der Waals surface area contributed by atoms with Crippen LogP contribution in [0.4, 0.5) is 0 Å². The number of likely N-dealkylation sites (tertiary alicyclic amines) is 1. The highest BCUT2D eigenvalue weighted by molar-refractivity contribution is 7.90. The zero-order valence-electron chi connectivity index (χ0n) is 14.6. The van der Waals surface area contributed by atoms with Crippen molar-refractivity contribution in [3.63, 3.8) is 0 Å². The van der Waals surface area contributed by atoms with E-state index < -0.39 is 9.84 Å². The summed E-state index contributed by atoms with van der Waals surface area (Å²) >= 11 is 0. The van der Waals surface area contributed by atoms with Crippen molar-refractivity contribution in [1.29, 1.82) is 0 Å². The van der Waals surface area contributed by atoms with Crippen LogP contribution in [0.3, 0.4) is 0 Å². The van der Waals surface area contributed by atoms with Gasteiger partial charge in [-0.2, -0.15) is 0 Å². The summed E-state index contributed by atoms with van der Waals surface area (Å²) in [5.41, 5.74) is 1.70. The normalized spacial score (nSPS) is 20.2. The van der Waals surface area contributed by atoms with Crippen LogP contribution in [0.1, 0.15) is 31.2 Å². The van der Waals surface area contributed by atoms with Crippen LogP contribution in [0.25, 0.3) is 0 Å². The van der Waals surface area contributed by atoms with Gasteiger partial charge in [0.25, 0.3) is 0 Å². The molecule has 3 rings (SSSR count). The van der Waals surface area contributed by atoms with Gasteiger partial charge in [-0.3, -0.25) is 4.99 Å². The summed E-state index contributed by atoms with van der Waals surface area (Å²) in [5, 5.41) is 3.45. The third-order valence-corrected chi connectivity index (χ3v) is 6.54. The Balaban J connectivity index is 1.50. The van der Waals surface area contributed by atoms with Gasteiger partial charge in [-0.25, -0.2) is 8.42 Å². The third-order valence-electron chi connectivity index (χ3n) is 5.41. The summed E-state index contributed by atoms with van der Waals surface area (Å²) in [5.74, 6) is 0.992. The largest absolute Gasteiger partial charge is 0.356 e. The zero-order chi connectivity index (χ0) is 17.2. The average Bonchev–Trinajstić information content (AvgIpc) is 2.97. The lowest BCUT2D eigenvalue weighted by atomic mass is 9.68. The lowest BCUT2D eigenvalue weighted by molar-refractivity contribution is 0.151. The van der Waals surface area contributed by atoms with Crippen LogP contribution < -0.4 is 5.32 Å². The molecule has 1 aromatic carbocycles. The van der Waals surface area contributed by atoms with Gasteiger partial charge in [0, 0.05) is 32.9 Å². The molecule has 0 amide bonds. The molecule has 1 aliphatic heterocycles. The van der Waals surface area contributed by atoms with Crippen LogP contribution in [-0.2, 0) is 16.3 Å². The Kier molecular flexibility index (Phi) is 4.85. The van der Waals surface area contributed by atoms with Gasteiger partial charge >= 0.3 is 0 Å². The Morgan fingerprint density at radius 1 is 1.25 bits per heavy atom. The molecular formula is C18H27N3O2S. The second-order valence-electron chi connectivity index (χ2n) is 7.17. The first-order chi connectivity index (χ1) is 11.4. The second kappa shape index (κ2) is 6.75. The van der Waals surface area contributed by atoms with E-state index in [1.54, 1.807) is 12.1 Å². The standard InChI is InChI=1S/C18H27N3O2S/c1-19-17(21-13-11-18(14-21)9-3-10-18)20-12-8-15-4-6-16(7-5-15)24(2,22)23/h4-7H,3,8-14H2,1-2H3,(H,19,20). The van der Waals surface area contributed by atoms with E-state index >= 15 is 0 Å². The van der Waals surface area contributed by atoms with E-state index in [0.29, 0.717) is 10.3 Å². The van der Waals surface area contributed by atoms with Crippen molar-refractivity contribution in [2.75, 3.05) is 32.9 Å². The summed E-state index contributed by atoms with van der Waals surface area (Å²) in [7, 11) is -1.28. The lowest BCUT2D eigenvalue weighted by Crippen LogP contribution is -2.43. The van der Waals surface area contributed by atoms with E-state index in [9.17, 15) is 8.42 Å². The molecule has 6 heteroatoms. The number of guanidine groups is 1. The molecule has 0 unspecified atom stereocenters. The predicted molar refractivity (Wildman–Crippen MR) is 97.1 cm³/mol. The number of benzene rings is 1. The molecule has 1 saturated heterocycles. The molecule has 0 atom stereocenters. The summed E-state index contributed by atoms with van der Waals surface area (Å²) in [6.45, 7) is 3.03. The minimum Gasteiger partial charge on any atom is -0.356 e. The van der Waals surface area contributed by atoms with Crippen LogP contribution in [0.15, 0.2) is 34.2 Å². The Morgan fingerprint density at radius 3 is 2.46 bits per heavy atom. The monoisotopic (exact) mass is 349 g/mol. The highest BCUT2D eigenvalue weighted by Gasteiger charge is 2.43. The highest BCUT2D eigenvalue weighted by atomic mass is 32.2. The number of nitrogens with one attached hydrogen (secondary N) is 1. The predicted octanol–water partition coefficient (Wildman–Crippen LogP) is 2.08. The SMILES string of the molecule is CN=C(NCCc1ccc(S(C)(=O)=O)cc1)N1CCC2(CCC2)C1. The topological polar surface area (TPSA) is 61.8 Å². The molecule has 1 spiro atoms. The van der Waals surface area contributed by atoms with Crippen LogP contribution >= 0.6 is 0 Å². The molecule has 1 heterocycles. The molecule has 1 N–H and O–H groups in total. The van der Waals surface area contributed by atoms with Gasteiger partial charge in [0.1, 0.15) is 0 Å². The van der Waals surface area contributed by atoms with Crippen molar-refractivity contribution in [2.45, 2.75) is 37.0 Å². The van der Waals surface area contributed by atoms with E-state index in [1.807, 2.05) is 19.2 Å². The Morgan fingerprint density at radius 2 is 1.96 bits per heavy atom. The Hall–Kier alpha value is -1.56. The van der Waals surface area contributed by atoms with Gasteiger partial charge in [0.15, 0.2) is 15.8 Å². The molecule has 2 fully saturated rings. The van der Waals surface area contributed by atoms with Crippen molar-refractivity contribution in [3.05, 3.63) is 29.8 Å². The number of hydrogen-bond donors (Lipinski definition) is 1. The van der Waals surface area contributed by atoms with Gasteiger partial charge in [0.05, 0.1) is 4.90 Å². The van der Waals surface area contributed by atoms with Gasteiger partial charge in [-0.05, 0) is 48.8 Å². The summed E-state index contributed by atoms with van der Waals surface area (Å²) in [6.07, 6.45) is 7.49. The maximum Gasteiger partial charge on any atom is 0.193 e. The third kappa shape index (κ3) is 3.74. The van der Waals surface area contributed by atoms with Crippen LogP contribution in [-0.4, -0.2) is 52.2 Å². The van der Waals surface area contributed by atoms with Crippen molar-refractivity contribution in [2.24, 2.45) is 10.4 Å². The fourth-order valence-electron chi connectivity index (χ4n) is 3.76. The van der Waals surface area contributed by atoms with Crippen LogP contribution in [0, 0.1) is 5.41 Å². The van der Waals surface area contributed by atoms with Gasteiger partial charge in [0.2, 0.25) is 0 Å². The number of nitrogens with zero attached hydrogens (tertiary/aromatic N) is 2. The molecule has 0 radical (unpaired) electrons. The molecule has 24 heavy (non-hydrogen) atoms. The molecule has 2 aliphatic rings. The molecular weight excluding hydrogens is 322 g/mol. The summed E-state index contributed by atoms with van der Waals surface area (Å²) in [6, 6.07) is 7.14. The highest BCUT2D eigenvalue weighted by Crippen LogP contribution is 2.47. The maximum atomic E-state index is 11.5. The van der Waals surface area contributed by atoms with Crippen molar-refractivity contribution in [3.8, 4) is 0 Å². The fourth-order valence-corrected chi connectivity index (χ4v) is 4.39. The molecule has 5 nitrogen and oxygen atoms in total. The van der Waals surface area contributed by atoms with Gasteiger partial charge in [-0.15, -0.1) is 0 Å². The minimum absolute atomic E-state index is 0.373. The minimum atomic E-state index is -3.12. The number of sulfone groups is 1. The lowest BCUT2D eigenvalue weighted by Gasteiger charge is -2.38. The summed E-state index contributed by atoms with van der Waals surface area (Å²) in [4.78, 5) is 7.18. The Bertz CT molecular complexity index is 706.